The summed E-state index contributed by atoms with van der Waals surface area (Å²) in [5, 5.41) is 30.7. The van der Waals surface area contributed by atoms with Gasteiger partial charge in [-0.3, -0.25) is 9.59 Å². The fraction of sp³-hybridized carbons (Fsp3) is 0.552. The number of amides is 2. The van der Waals surface area contributed by atoms with Gasteiger partial charge in [0.2, 0.25) is 11.8 Å². The minimum atomic E-state index is -0.489. The number of rotatable bonds is 23. The van der Waals surface area contributed by atoms with Crippen LogP contribution < -0.4 is 10.6 Å². The molecular weight excluding hydrogens is 789 g/mol. The quantitative estimate of drug-likeness (QED) is 0.0441. The van der Waals surface area contributed by atoms with E-state index in [0.717, 1.165) is 162 Å². The number of carbonyl (C=O) groups is 2. The second-order valence-electron chi connectivity index (χ2n) is 19.6. The Bertz CT molecular complexity index is 1900. The van der Waals surface area contributed by atoms with Gasteiger partial charge in [0, 0.05) is 36.1 Å². The molecule has 4 aromatic rings. The van der Waals surface area contributed by atoms with Crippen LogP contribution >= 0.6 is 0 Å². The maximum atomic E-state index is 13.1. The van der Waals surface area contributed by atoms with Gasteiger partial charge in [-0.2, -0.15) is 0 Å². The molecule has 0 aromatic heterocycles. The highest BCUT2D eigenvalue weighted by molar-refractivity contribution is 5.91. The summed E-state index contributed by atoms with van der Waals surface area (Å²) in [6.07, 6.45) is 20.6. The molecule has 2 aliphatic rings. The molecule has 2 amide bonds. The van der Waals surface area contributed by atoms with Crippen LogP contribution in [0.2, 0.25) is 0 Å². The summed E-state index contributed by atoms with van der Waals surface area (Å²) >= 11 is 0. The lowest BCUT2D eigenvalue weighted by atomic mass is 9.67. The van der Waals surface area contributed by atoms with Crippen LogP contribution in [0.3, 0.4) is 0 Å². The van der Waals surface area contributed by atoms with Gasteiger partial charge in [-0.1, -0.05) is 165 Å². The van der Waals surface area contributed by atoms with Gasteiger partial charge in [-0.15, -0.1) is 0 Å². The molecule has 4 N–H and O–H groups in total. The van der Waals surface area contributed by atoms with Crippen molar-refractivity contribution in [1.82, 2.24) is 0 Å². The molecule has 6 rings (SSSR count). The van der Waals surface area contributed by atoms with Crippen molar-refractivity contribution in [1.29, 1.82) is 0 Å². The van der Waals surface area contributed by atoms with Crippen LogP contribution in [-0.4, -0.2) is 34.2 Å². The van der Waals surface area contributed by atoms with E-state index in [0.29, 0.717) is 12.8 Å². The molecule has 0 bridgehead atoms. The number of nitrogens with one attached hydrogen (secondary N) is 2. The predicted molar refractivity (Wildman–Crippen MR) is 266 cm³/mol. The summed E-state index contributed by atoms with van der Waals surface area (Å²) < 4.78 is 0. The maximum Gasteiger partial charge on any atom is 0.224 e. The Morgan fingerprint density at radius 3 is 1.25 bits per heavy atom. The minimum absolute atomic E-state index is 0.0509. The number of benzene rings is 4. The monoisotopic (exact) mass is 869 g/mol. The van der Waals surface area contributed by atoms with Crippen molar-refractivity contribution in [2.24, 2.45) is 10.8 Å². The first kappa shape index (κ1) is 49.2. The number of aliphatic hydroxyl groups is 2. The zero-order valence-corrected chi connectivity index (χ0v) is 39.8. The zero-order valence-electron chi connectivity index (χ0n) is 39.8. The third-order valence-electron chi connectivity index (χ3n) is 15.5. The van der Waals surface area contributed by atoms with Crippen LogP contribution in [0, 0.1) is 10.8 Å². The first-order valence-electron chi connectivity index (χ1n) is 25.5. The van der Waals surface area contributed by atoms with Gasteiger partial charge in [-0.05, 0) is 133 Å². The van der Waals surface area contributed by atoms with Crippen LogP contribution in [0.5, 0.6) is 0 Å². The molecule has 2 aliphatic carbocycles. The highest BCUT2D eigenvalue weighted by Gasteiger charge is 2.45. The van der Waals surface area contributed by atoms with Crippen LogP contribution in [0.1, 0.15) is 201 Å². The summed E-state index contributed by atoms with van der Waals surface area (Å²) in [6, 6.07) is 33.6. The Morgan fingerprint density at radius 2 is 0.891 bits per heavy atom. The molecule has 6 nitrogen and oxygen atoms in total. The van der Waals surface area contributed by atoms with Crippen molar-refractivity contribution >= 4 is 23.2 Å². The number of carbonyl (C=O) groups excluding carboxylic acids is 2. The Labute approximate surface area is 386 Å². The van der Waals surface area contributed by atoms with Crippen LogP contribution in [-0.2, 0) is 22.4 Å². The number of aliphatic hydroxyl groups excluding tert-OH is 2. The molecule has 0 fully saturated rings. The van der Waals surface area contributed by atoms with Gasteiger partial charge in [0.25, 0.3) is 0 Å². The van der Waals surface area contributed by atoms with E-state index in [4.69, 9.17) is 0 Å². The molecule has 0 radical (unpaired) electrons. The lowest BCUT2D eigenvalue weighted by molar-refractivity contribution is -0.117. The van der Waals surface area contributed by atoms with E-state index in [1.54, 1.807) is 0 Å². The number of fused-ring (bicyclic) bond motifs is 2. The molecular formula is C58H80N2O4. The van der Waals surface area contributed by atoms with E-state index in [1.807, 2.05) is 24.3 Å². The average Bonchev–Trinajstić information content (AvgIpc) is 3.51. The van der Waals surface area contributed by atoms with E-state index < -0.39 is 12.2 Å². The van der Waals surface area contributed by atoms with Gasteiger partial charge in [0.15, 0.2) is 0 Å². The molecule has 6 heteroatoms. The maximum absolute atomic E-state index is 13.1. The number of hydrogen-bond acceptors (Lipinski definition) is 4. The first-order chi connectivity index (χ1) is 31.2. The van der Waals surface area contributed by atoms with Crippen molar-refractivity contribution in [3.8, 4) is 0 Å². The molecule has 0 aliphatic heterocycles. The van der Waals surface area contributed by atoms with E-state index in [-0.39, 0.29) is 34.5 Å². The summed E-state index contributed by atoms with van der Waals surface area (Å²) in [4.78, 5) is 26.3. The third-order valence-corrected chi connectivity index (χ3v) is 15.5. The van der Waals surface area contributed by atoms with E-state index in [9.17, 15) is 19.8 Å². The third kappa shape index (κ3) is 12.3. The summed E-state index contributed by atoms with van der Waals surface area (Å²) in [6.45, 7) is 8.94. The fourth-order valence-electron chi connectivity index (χ4n) is 11.3. The van der Waals surface area contributed by atoms with Gasteiger partial charge in [-0.25, -0.2) is 0 Å². The van der Waals surface area contributed by atoms with Crippen LogP contribution in [0.15, 0.2) is 97.1 Å². The molecule has 0 heterocycles. The molecule has 0 saturated heterocycles. The SMILES string of the molecule is CCCC[C@]1(CC)CCc2ccc(NC(=O)CCCCCCCCCCC(=O)Nc3ccc4c(c3)[C@@H](c3ccccc3)[C@@H](O)[C@](CC)(CCCC)CC4)cc2[C@@H](c2ccccc2)[C@H]1O. The molecule has 0 spiro atoms. The fourth-order valence-corrected chi connectivity index (χ4v) is 11.3. The highest BCUT2D eigenvalue weighted by atomic mass is 16.3. The van der Waals surface area contributed by atoms with E-state index >= 15 is 0 Å². The standard InChI is InChI=1S/C58H80N2O4/c1-5-9-37-57(7-3)39-35-43-31-33-47(41-49(43)53(55(57)63)45-25-19-17-20-26-45)59-51(61)29-23-15-13-11-12-14-16-24-30-52(62)60-48-34-32-44-36-40-58(8-4,38-10-6-2)56(64)54(50(44)42-48)46-27-21-18-22-28-46/h17-22,25-28,31-34,41-42,53-56,63-64H,5-16,23-24,29-30,35-40H2,1-4H3,(H,59,61)(H,60,62)/t53-,54-,55-,56-,57-,58-/m1/s1. The Hall–Kier alpha value is -4.26. The Balaban J connectivity index is 0.915. The Kier molecular flexibility index (Phi) is 18.7. The molecule has 0 saturated carbocycles. The molecule has 6 atom stereocenters. The van der Waals surface area contributed by atoms with Gasteiger partial charge < -0.3 is 20.8 Å². The van der Waals surface area contributed by atoms with Gasteiger partial charge in [0.1, 0.15) is 0 Å². The van der Waals surface area contributed by atoms with Crippen molar-refractivity contribution in [2.45, 2.75) is 193 Å². The topological polar surface area (TPSA) is 98.7 Å². The summed E-state index contributed by atoms with van der Waals surface area (Å²) in [5.74, 6) is -0.155. The van der Waals surface area contributed by atoms with E-state index in [2.05, 4.69) is 111 Å². The normalized spacial score (nSPS) is 23.0. The van der Waals surface area contributed by atoms with Crippen molar-refractivity contribution in [3.05, 3.63) is 130 Å². The molecule has 4 aromatic carbocycles. The second-order valence-corrected chi connectivity index (χ2v) is 19.6. The van der Waals surface area contributed by atoms with Crippen molar-refractivity contribution < 1.29 is 19.8 Å². The number of unbranched alkanes of at least 4 members (excludes halogenated alkanes) is 9. The zero-order chi connectivity index (χ0) is 45.4. The van der Waals surface area contributed by atoms with Crippen LogP contribution in [0.4, 0.5) is 11.4 Å². The second kappa shape index (κ2) is 24.3. The van der Waals surface area contributed by atoms with Crippen molar-refractivity contribution in [2.75, 3.05) is 10.6 Å². The van der Waals surface area contributed by atoms with Gasteiger partial charge >= 0.3 is 0 Å². The average molecular weight is 869 g/mol. The first-order valence-corrected chi connectivity index (χ1v) is 25.5. The lowest BCUT2D eigenvalue weighted by Gasteiger charge is -2.40. The minimum Gasteiger partial charge on any atom is -0.392 e. The predicted octanol–water partition coefficient (Wildman–Crippen LogP) is 14.2. The van der Waals surface area contributed by atoms with E-state index in [1.165, 1.54) is 11.1 Å². The number of aryl methyl sites for hydroxylation is 2. The Morgan fingerprint density at radius 1 is 0.516 bits per heavy atom. The molecule has 346 valence electrons. The molecule has 0 unspecified atom stereocenters. The summed E-state index contributed by atoms with van der Waals surface area (Å²) in [5.41, 5.74) is 8.50. The summed E-state index contributed by atoms with van der Waals surface area (Å²) in [7, 11) is 0. The highest BCUT2D eigenvalue weighted by Crippen LogP contribution is 2.51. The largest absolute Gasteiger partial charge is 0.392 e. The number of anilines is 2. The number of hydrogen-bond donors (Lipinski definition) is 4. The van der Waals surface area contributed by atoms with Crippen molar-refractivity contribution in [3.63, 3.8) is 0 Å². The molecule has 64 heavy (non-hydrogen) atoms. The lowest BCUT2D eigenvalue weighted by Crippen LogP contribution is -2.38. The smallest absolute Gasteiger partial charge is 0.224 e. The van der Waals surface area contributed by atoms with Crippen LogP contribution in [0.25, 0.3) is 0 Å². The van der Waals surface area contributed by atoms with Gasteiger partial charge in [0.05, 0.1) is 12.2 Å².